The lowest BCUT2D eigenvalue weighted by Gasteiger charge is -2.11. The van der Waals surface area contributed by atoms with Gasteiger partial charge in [0, 0.05) is 11.0 Å². The highest BCUT2D eigenvalue weighted by atomic mass is 32.1. The van der Waals surface area contributed by atoms with Crippen LogP contribution >= 0.6 is 11.3 Å². The molecule has 2 aromatic rings. The summed E-state index contributed by atoms with van der Waals surface area (Å²) in [6, 6.07) is 9.37. The molecule has 0 aliphatic rings. The number of esters is 1. The molecule has 0 fully saturated rings. The van der Waals surface area contributed by atoms with E-state index in [0.29, 0.717) is 5.56 Å². The second-order valence-corrected chi connectivity index (χ2v) is 6.17. The molecule has 0 aliphatic carbocycles. The first-order valence-corrected chi connectivity index (χ1v) is 8.54. The predicted octanol–water partition coefficient (Wildman–Crippen LogP) is 3.78. The largest absolute Gasteiger partial charge is 0.452 e. The van der Waals surface area contributed by atoms with E-state index in [1.165, 1.54) is 41.7 Å². The van der Waals surface area contributed by atoms with Crippen LogP contribution in [0.2, 0.25) is 0 Å². The summed E-state index contributed by atoms with van der Waals surface area (Å²) in [7, 11) is 0. The fraction of sp³-hybridized carbons (Fsp3) is 0.222. The maximum absolute atomic E-state index is 12.1. The van der Waals surface area contributed by atoms with Crippen molar-refractivity contribution in [1.29, 1.82) is 0 Å². The minimum absolute atomic E-state index is 0.0243. The normalized spacial score (nSPS) is 12.2. The Balaban J connectivity index is 1.75. The van der Waals surface area contributed by atoms with Gasteiger partial charge in [0.05, 0.1) is 6.04 Å². The second-order valence-electron chi connectivity index (χ2n) is 5.19. The summed E-state index contributed by atoms with van der Waals surface area (Å²) in [4.78, 5) is 24.4. The van der Waals surface area contributed by atoms with Gasteiger partial charge in [-0.25, -0.2) is 4.79 Å². The van der Waals surface area contributed by atoms with E-state index < -0.39 is 18.5 Å². The van der Waals surface area contributed by atoms with Crippen LogP contribution in [0.1, 0.15) is 23.4 Å². The molecule has 1 heterocycles. The number of benzene rings is 1. The number of hydrogen-bond donors (Lipinski definition) is 1. The Morgan fingerprint density at radius 3 is 2.58 bits per heavy atom. The van der Waals surface area contributed by atoms with Crippen molar-refractivity contribution in [2.24, 2.45) is 0 Å². The van der Waals surface area contributed by atoms with Crippen molar-refractivity contribution < 1.29 is 27.8 Å². The topological polar surface area (TPSA) is 64.6 Å². The molecule has 0 bridgehead atoms. The lowest BCUT2D eigenvalue weighted by Crippen LogP contribution is -2.30. The van der Waals surface area contributed by atoms with Gasteiger partial charge in [0.25, 0.3) is 5.91 Å². The molecule has 1 aromatic heterocycles. The molecule has 138 valence electrons. The molecule has 0 saturated heterocycles. The van der Waals surface area contributed by atoms with Crippen LogP contribution in [-0.4, -0.2) is 25.1 Å². The monoisotopic (exact) mass is 381 g/mol. The van der Waals surface area contributed by atoms with E-state index in [2.05, 4.69) is 10.1 Å². The molecule has 1 atom stereocenters. The molecule has 2 rings (SSSR count). The summed E-state index contributed by atoms with van der Waals surface area (Å²) >= 11 is 1.52. The van der Waals surface area contributed by atoms with Gasteiger partial charge in [-0.1, -0.05) is 18.2 Å². The molecule has 0 aliphatic heterocycles. The van der Waals surface area contributed by atoms with Crippen LogP contribution in [0, 0.1) is 0 Å². The quantitative estimate of drug-likeness (QED) is 0.558. The molecule has 0 saturated carbocycles. The SMILES string of the molecule is C[C@@H](NC(=O)COC(=O)/C=C/c1ccc(OC(F)F)cc1)c1cccs1. The Kier molecular flexibility index (Phi) is 7.28. The summed E-state index contributed by atoms with van der Waals surface area (Å²) in [5.41, 5.74) is 0.597. The number of alkyl halides is 2. The van der Waals surface area contributed by atoms with E-state index in [0.717, 1.165) is 11.0 Å². The minimum Gasteiger partial charge on any atom is -0.452 e. The van der Waals surface area contributed by atoms with Crippen LogP contribution in [0.25, 0.3) is 6.08 Å². The Bertz CT molecular complexity index is 745. The number of rotatable bonds is 8. The number of hydrogen-bond acceptors (Lipinski definition) is 5. The molecular weight excluding hydrogens is 364 g/mol. The number of amides is 1. The first-order chi connectivity index (χ1) is 12.4. The summed E-state index contributed by atoms with van der Waals surface area (Å²) < 4.78 is 33.2. The smallest absolute Gasteiger partial charge is 0.387 e. The molecule has 1 aromatic carbocycles. The van der Waals surface area contributed by atoms with Crippen molar-refractivity contribution >= 4 is 29.3 Å². The van der Waals surface area contributed by atoms with E-state index >= 15 is 0 Å². The Hall–Kier alpha value is -2.74. The van der Waals surface area contributed by atoms with Gasteiger partial charge in [0.15, 0.2) is 6.61 Å². The van der Waals surface area contributed by atoms with Crippen LogP contribution in [0.15, 0.2) is 47.9 Å². The maximum atomic E-state index is 12.1. The van der Waals surface area contributed by atoms with Crippen molar-refractivity contribution in [3.63, 3.8) is 0 Å². The molecule has 0 unspecified atom stereocenters. The summed E-state index contributed by atoms with van der Waals surface area (Å²) in [6.07, 6.45) is 2.60. The van der Waals surface area contributed by atoms with E-state index in [1.54, 1.807) is 0 Å². The average molecular weight is 381 g/mol. The third-order valence-electron chi connectivity index (χ3n) is 3.21. The number of thiophene rings is 1. The van der Waals surface area contributed by atoms with Crippen molar-refractivity contribution in [3.8, 4) is 5.75 Å². The number of carbonyl (C=O) groups excluding carboxylic acids is 2. The second kappa shape index (κ2) is 9.67. The molecule has 1 amide bonds. The zero-order valence-electron chi connectivity index (χ0n) is 13.9. The van der Waals surface area contributed by atoms with Gasteiger partial charge in [0.1, 0.15) is 5.75 Å². The highest BCUT2D eigenvalue weighted by Gasteiger charge is 2.11. The fourth-order valence-corrected chi connectivity index (χ4v) is 2.74. The van der Waals surface area contributed by atoms with Crippen molar-refractivity contribution in [2.45, 2.75) is 19.6 Å². The van der Waals surface area contributed by atoms with Crippen LogP contribution in [-0.2, 0) is 14.3 Å². The number of carbonyl (C=O) groups is 2. The van der Waals surface area contributed by atoms with E-state index in [1.807, 2.05) is 24.4 Å². The predicted molar refractivity (Wildman–Crippen MR) is 93.9 cm³/mol. The van der Waals surface area contributed by atoms with Crippen molar-refractivity contribution in [2.75, 3.05) is 6.61 Å². The lowest BCUT2D eigenvalue weighted by molar-refractivity contribution is -0.144. The van der Waals surface area contributed by atoms with Crippen LogP contribution in [0.3, 0.4) is 0 Å². The molecule has 0 radical (unpaired) electrons. The van der Waals surface area contributed by atoms with Gasteiger partial charge in [-0.2, -0.15) is 8.78 Å². The van der Waals surface area contributed by atoms with Gasteiger partial charge >= 0.3 is 12.6 Å². The van der Waals surface area contributed by atoms with Gasteiger partial charge in [-0.05, 0) is 42.1 Å². The van der Waals surface area contributed by atoms with Crippen molar-refractivity contribution in [3.05, 3.63) is 58.3 Å². The minimum atomic E-state index is -2.89. The third-order valence-corrected chi connectivity index (χ3v) is 4.27. The van der Waals surface area contributed by atoms with Gasteiger partial charge < -0.3 is 14.8 Å². The van der Waals surface area contributed by atoms with Gasteiger partial charge in [-0.15, -0.1) is 11.3 Å². The van der Waals surface area contributed by atoms with Crippen molar-refractivity contribution in [1.82, 2.24) is 5.32 Å². The number of ether oxygens (including phenoxy) is 2. The molecule has 0 spiro atoms. The van der Waals surface area contributed by atoms with Crippen LogP contribution in [0.4, 0.5) is 8.78 Å². The fourth-order valence-electron chi connectivity index (χ4n) is 2.00. The van der Waals surface area contributed by atoms with Crippen LogP contribution < -0.4 is 10.1 Å². The van der Waals surface area contributed by atoms with E-state index in [4.69, 9.17) is 4.74 Å². The first kappa shape index (κ1) is 19.6. The number of nitrogens with one attached hydrogen (secondary N) is 1. The van der Waals surface area contributed by atoms with Crippen LogP contribution in [0.5, 0.6) is 5.75 Å². The Morgan fingerprint density at radius 2 is 1.96 bits per heavy atom. The Morgan fingerprint density at radius 1 is 1.23 bits per heavy atom. The summed E-state index contributed by atoms with van der Waals surface area (Å²) in [6.45, 7) is -1.44. The zero-order chi connectivity index (χ0) is 18.9. The first-order valence-electron chi connectivity index (χ1n) is 7.66. The zero-order valence-corrected chi connectivity index (χ0v) is 14.7. The average Bonchev–Trinajstić information content (AvgIpc) is 3.13. The maximum Gasteiger partial charge on any atom is 0.387 e. The third kappa shape index (κ3) is 6.64. The van der Waals surface area contributed by atoms with Gasteiger partial charge in [-0.3, -0.25) is 4.79 Å². The Labute approximate surface area is 153 Å². The highest BCUT2D eigenvalue weighted by Crippen LogP contribution is 2.18. The molecule has 8 heteroatoms. The van der Waals surface area contributed by atoms with E-state index in [9.17, 15) is 18.4 Å². The summed E-state index contributed by atoms with van der Waals surface area (Å²) in [5.74, 6) is -1.06. The number of halogens is 2. The summed E-state index contributed by atoms with van der Waals surface area (Å²) in [5, 5.41) is 4.64. The molecule has 26 heavy (non-hydrogen) atoms. The highest BCUT2D eigenvalue weighted by molar-refractivity contribution is 7.10. The van der Waals surface area contributed by atoms with E-state index in [-0.39, 0.29) is 18.4 Å². The molecule has 5 nitrogen and oxygen atoms in total. The molecule has 1 N–H and O–H groups in total. The lowest BCUT2D eigenvalue weighted by atomic mass is 10.2. The standard InChI is InChI=1S/C18H17F2NO4S/c1-12(15-3-2-10-26-15)21-16(22)11-24-17(23)9-6-13-4-7-14(8-5-13)25-18(19)20/h2-10,12,18H,11H2,1H3,(H,21,22)/b9-6+/t12-/m1/s1. The van der Waals surface area contributed by atoms with Gasteiger partial charge in [0.2, 0.25) is 0 Å². The molecular formula is C18H17F2NO4S.